The van der Waals surface area contributed by atoms with Crippen molar-refractivity contribution in [2.24, 2.45) is 5.92 Å². The second-order valence-electron chi connectivity index (χ2n) is 5.84. The van der Waals surface area contributed by atoms with E-state index in [1.54, 1.807) is 24.3 Å². The normalized spacial score (nSPS) is 13.9. The molecule has 0 bridgehead atoms. The van der Waals surface area contributed by atoms with E-state index >= 15 is 0 Å². The van der Waals surface area contributed by atoms with Gasteiger partial charge in [0, 0.05) is 18.8 Å². The summed E-state index contributed by atoms with van der Waals surface area (Å²) in [4.78, 5) is 14.6. The van der Waals surface area contributed by atoms with Crippen LogP contribution in [0.1, 0.15) is 28.8 Å². The van der Waals surface area contributed by atoms with Crippen LogP contribution in [0.2, 0.25) is 0 Å². The molecular weight excluding hydrogens is 279 g/mol. The van der Waals surface area contributed by atoms with Crippen molar-refractivity contribution in [1.82, 2.24) is 4.90 Å². The topological polar surface area (TPSA) is 46.3 Å². The number of anilines is 1. The lowest BCUT2D eigenvalue weighted by Gasteiger charge is -2.23. The Morgan fingerprint density at radius 2 is 1.82 bits per heavy atom. The number of benzene rings is 2. The molecule has 1 aliphatic rings. The highest BCUT2D eigenvalue weighted by Crippen LogP contribution is 2.31. The zero-order chi connectivity index (χ0) is 15.5. The third kappa shape index (κ3) is 3.45. The highest BCUT2D eigenvalue weighted by Gasteiger charge is 2.28. The van der Waals surface area contributed by atoms with Gasteiger partial charge in [-0.3, -0.25) is 4.79 Å². The van der Waals surface area contributed by atoms with E-state index in [0.717, 1.165) is 24.9 Å². The Kier molecular flexibility index (Phi) is 4.09. The van der Waals surface area contributed by atoms with Crippen LogP contribution in [-0.4, -0.2) is 17.4 Å². The van der Waals surface area contributed by atoms with Crippen LogP contribution >= 0.6 is 0 Å². The van der Waals surface area contributed by atoms with E-state index in [-0.39, 0.29) is 11.7 Å². The second-order valence-corrected chi connectivity index (χ2v) is 5.84. The molecule has 0 aromatic heterocycles. The molecule has 0 saturated heterocycles. The van der Waals surface area contributed by atoms with Crippen LogP contribution in [0.15, 0.2) is 48.5 Å². The van der Waals surface area contributed by atoms with Crippen molar-refractivity contribution in [2.45, 2.75) is 19.4 Å². The van der Waals surface area contributed by atoms with E-state index in [1.807, 2.05) is 17.0 Å². The van der Waals surface area contributed by atoms with E-state index in [1.165, 1.54) is 12.1 Å². The molecule has 1 fully saturated rings. The van der Waals surface area contributed by atoms with E-state index in [2.05, 4.69) is 0 Å². The molecule has 0 unspecified atom stereocenters. The molecule has 2 N–H and O–H groups in total. The van der Waals surface area contributed by atoms with Gasteiger partial charge < -0.3 is 10.6 Å². The predicted octanol–water partition coefficient (Wildman–Crippen LogP) is 3.46. The lowest BCUT2D eigenvalue weighted by molar-refractivity contribution is 0.0736. The zero-order valence-electron chi connectivity index (χ0n) is 12.3. The molecule has 22 heavy (non-hydrogen) atoms. The Morgan fingerprint density at radius 3 is 2.45 bits per heavy atom. The Hall–Kier alpha value is -2.36. The van der Waals surface area contributed by atoms with Crippen molar-refractivity contribution in [3.05, 3.63) is 65.5 Å². The molecule has 114 valence electrons. The first-order chi connectivity index (χ1) is 10.6. The van der Waals surface area contributed by atoms with Crippen LogP contribution in [0.4, 0.5) is 10.1 Å². The summed E-state index contributed by atoms with van der Waals surface area (Å²) in [5.41, 5.74) is 7.87. The second kappa shape index (κ2) is 6.18. The minimum absolute atomic E-state index is 0.0608. The average molecular weight is 298 g/mol. The van der Waals surface area contributed by atoms with Gasteiger partial charge in [-0.15, -0.1) is 0 Å². The Labute approximate surface area is 129 Å². The molecule has 0 radical (unpaired) electrons. The van der Waals surface area contributed by atoms with Gasteiger partial charge in [-0.25, -0.2) is 4.39 Å². The van der Waals surface area contributed by atoms with Gasteiger partial charge in [0.2, 0.25) is 0 Å². The van der Waals surface area contributed by atoms with E-state index in [0.29, 0.717) is 23.7 Å². The summed E-state index contributed by atoms with van der Waals surface area (Å²) in [5.74, 6) is 0.250. The maximum Gasteiger partial charge on any atom is 0.256 e. The van der Waals surface area contributed by atoms with Crippen LogP contribution in [0.5, 0.6) is 0 Å². The van der Waals surface area contributed by atoms with Crippen LogP contribution < -0.4 is 5.73 Å². The number of halogens is 1. The molecular formula is C18H19FN2O. The summed E-state index contributed by atoms with van der Waals surface area (Å²) >= 11 is 0. The highest BCUT2D eigenvalue weighted by molar-refractivity contribution is 5.99. The Balaban J connectivity index is 1.81. The quantitative estimate of drug-likeness (QED) is 0.859. The van der Waals surface area contributed by atoms with Crippen molar-refractivity contribution in [3.63, 3.8) is 0 Å². The van der Waals surface area contributed by atoms with Gasteiger partial charge in [0.25, 0.3) is 5.91 Å². The Bertz CT molecular complexity index is 665. The summed E-state index contributed by atoms with van der Waals surface area (Å²) in [6, 6.07) is 13.4. The van der Waals surface area contributed by atoms with Crippen molar-refractivity contribution >= 4 is 11.6 Å². The largest absolute Gasteiger partial charge is 0.398 e. The first kappa shape index (κ1) is 14.6. The maximum absolute atomic E-state index is 13.0. The first-order valence-electron chi connectivity index (χ1n) is 7.51. The van der Waals surface area contributed by atoms with Crippen LogP contribution in [-0.2, 0) is 6.54 Å². The van der Waals surface area contributed by atoms with E-state index < -0.39 is 0 Å². The molecule has 1 saturated carbocycles. The molecule has 1 aliphatic carbocycles. The van der Waals surface area contributed by atoms with Crippen molar-refractivity contribution in [2.75, 3.05) is 12.3 Å². The fourth-order valence-corrected chi connectivity index (χ4v) is 2.50. The highest BCUT2D eigenvalue weighted by atomic mass is 19.1. The van der Waals surface area contributed by atoms with Crippen molar-refractivity contribution in [1.29, 1.82) is 0 Å². The van der Waals surface area contributed by atoms with Crippen molar-refractivity contribution < 1.29 is 9.18 Å². The van der Waals surface area contributed by atoms with Gasteiger partial charge in [-0.2, -0.15) is 0 Å². The fourth-order valence-electron chi connectivity index (χ4n) is 2.50. The van der Waals surface area contributed by atoms with E-state index in [9.17, 15) is 9.18 Å². The summed E-state index contributed by atoms with van der Waals surface area (Å²) in [7, 11) is 0. The molecule has 3 nitrogen and oxygen atoms in total. The molecule has 0 atom stereocenters. The number of nitrogens with two attached hydrogens (primary N) is 1. The third-order valence-electron chi connectivity index (χ3n) is 3.94. The number of hydrogen-bond acceptors (Lipinski definition) is 2. The van der Waals surface area contributed by atoms with Gasteiger partial charge in [0.05, 0.1) is 5.56 Å². The monoisotopic (exact) mass is 298 g/mol. The molecule has 0 heterocycles. The molecule has 0 spiro atoms. The van der Waals surface area contributed by atoms with Crippen LogP contribution in [0, 0.1) is 11.7 Å². The minimum atomic E-state index is -0.267. The standard InChI is InChI=1S/C18H19FN2O/c19-15-9-7-14(8-10-15)12-21(11-13-5-6-13)18(22)16-3-1-2-4-17(16)20/h1-4,7-10,13H,5-6,11-12,20H2. The lowest BCUT2D eigenvalue weighted by Crippen LogP contribution is -2.33. The average Bonchev–Trinajstić information content (AvgIpc) is 3.33. The summed E-state index contributed by atoms with van der Waals surface area (Å²) in [5, 5.41) is 0. The summed E-state index contributed by atoms with van der Waals surface area (Å²) < 4.78 is 13.0. The SMILES string of the molecule is Nc1ccccc1C(=O)N(Cc1ccc(F)cc1)CC1CC1. The van der Waals surface area contributed by atoms with Crippen molar-refractivity contribution in [3.8, 4) is 0 Å². The molecule has 3 rings (SSSR count). The lowest BCUT2D eigenvalue weighted by atomic mass is 10.1. The number of nitrogens with zero attached hydrogens (tertiary/aromatic N) is 1. The van der Waals surface area contributed by atoms with Gasteiger partial charge in [0.1, 0.15) is 5.82 Å². The smallest absolute Gasteiger partial charge is 0.256 e. The number of para-hydroxylation sites is 1. The molecule has 2 aromatic rings. The number of hydrogen-bond donors (Lipinski definition) is 1. The van der Waals surface area contributed by atoms with E-state index in [4.69, 9.17) is 5.73 Å². The number of carbonyl (C=O) groups excluding carboxylic acids is 1. The Morgan fingerprint density at radius 1 is 1.14 bits per heavy atom. The molecule has 2 aromatic carbocycles. The van der Waals surface area contributed by atoms with Gasteiger partial charge in [-0.05, 0) is 48.6 Å². The number of amides is 1. The zero-order valence-corrected chi connectivity index (χ0v) is 12.3. The van der Waals surface area contributed by atoms with Crippen LogP contribution in [0.25, 0.3) is 0 Å². The minimum Gasteiger partial charge on any atom is -0.398 e. The van der Waals surface area contributed by atoms with Gasteiger partial charge in [0.15, 0.2) is 0 Å². The fraction of sp³-hybridized carbons (Fsp3) is 0.278. The predicted molar refractivity (Wildman–Crippen MR) is 84.7 cm³/mol. The molecule has 4 heteroatoms. The van der Waals surface area contributed by atoms with Crippen LogP contribution in [0.3, 0.4) is 0 Å². The first-order valence-corrected chi connectivity index (χ1v) is 7.51. The summed E-state index contributed by atoms with van der Waals surface area (Å²) in [6.45, 7) is 1.20. The number of nitrogen functional groups attached to an aromatic ring is 1. The third-order valence-corrected chi connectivity index (χ3v) is 3.94. The number of carbonyl (C=O) groups is 1. The summed E-state index contributed by atoms with van der Waals surface area (Å²) in [6.07, 6.45) is 2.33. The molecule has 0 aliphatic heterocycles. The molecule has 1 amide bonds. The van der Waals surface area contributed by atoms with Gasteiger partial charge >= 0.3 is 0 Å². The van der Waals surface area contributed by atoms with Gasteiger partial charge in [-0.1, -0.05) is 24.3 Å². The number of rotatable bonds is 5. The maximum atomic E-state index is 13.0.